The van der Waals surface area contributed by atoms with E-state index in [9.17, 15) is 9.90 Å². The van der Waals surface area contributed by atoms with Crippen molar-refractivity contribution in [2.24, 2.45) is 5.92 Å². The van der Waals surface area contributed by atoms with Crippen LogP contribution in [-0.4, -0.2) is 35.9 Å². The fraction of sp³-hybridized carbons (Fsp3) is 0.455. The summed E-state index contributed by atoms with van der Waals surface area (Å²) in [5.41, 5.74) is 3.14. The molecule has 29 heavy (non-hydrogen) atoms. The number of nitrogens with zero attached hydrogens (tertiary/aromatic N) is 1. The van der Waals surface area contributed by atoms with Gasteiger partial charge < -0.3 is 25.2 Å². The van der Waals surface area contributed by atoms with Gasteiger partial charge in [0.15, 0.2) is 0 Å². The van der Waals surface area contributed by atoms with E-state index in [1.54, 1.807) is 12.1 Å². The smallest absolute Gasteiger partial charge is 0.414 e. The Labute approximate surface area is 169 Å². The zero-order chi connectivity index (χ0) is 19.8. The maximum absolute atomic E-state index is 11.8. The van der Waals surface area contributed by atoms with Gasteiger partial charge in [0, 0.05) is 12.1 Å². The minimum Gasteiger partial charge on any atom is -0.507 e. The maximum atomic E-state index is 11.8. The van der Waals surface area contributed by atoms with Gasteiger partial charge in [-0.05, 0) is 67.8 Å². The van der Waals surface area contributed by atoms with Crippen LogP contribution >= 0.6 is 0 Å². The topological polar surface area (TPSA) is 92.7 Å². The molecule has 3 heterocycles. The van der Waals surface area contributed by atoms with Gasteiger partial charge in [-0.25, -0.2) is 9.78 Å². The molecular weight excluding hydrogens is 370 g/mol. The van der Waals surface area contributed by atoms with Crippen LogP contribution in [0.5, 0.6) is 17.4 Å². The molecule has 3 aliphatic rings. The van der Waals surface area contributed by atoms with Crippen molar-refractivity contribution in [3.63, 3.8) is 0 Å². The van der Waals surface area contributed by atoms with Crippen LogP contribution in [0.2, 0.25) is 0 Å². The summed E-state index contributed by atoms with van der Waals surface area (Å²) in [6.45, 7) is 2.93. The Balaban J connectivity index is 1.59. The number of aromatic nitrogens is 1. The molecule has 2 aliphatic heterocycles. The van der Waals surface area contributed by atoms with Crippen molar-refractivity contribution in [1.82, 2.24) is 15.6 Å². The molecule has 1 atom stereocenters. The van der Waals surface area contributed by atoms with Crippen molar-refractivity contribution in [2.45, 2.75) is 38.1 Å². The lowest BCUT2D eigenvalue weighted by atomic mass is 9.87. The lowest BCUT2D eigenvalue weighted by molar-refractivity contribution is 0.192. The Morgan fingerprint density at radius 2 is 2.17 bits per heavy atom. The fourth-order valence-electron chi connectivity index (χ4n) is 4.11. The molecule has 3 N–H and O–H groups in total. The molecular formula is C22H25N3O4. The average Bonchev–Trinajstić information content (AvgIpc) is 3.56. The number of piperidine rings is 1. The first-order valence-electron chi connectivity index (χ1n) is 10.3. The first-order chi connectivity index (χ1) is 14.2. The van der Waals surface area contributed by atoms with E-state index in [-0.39, 0.29) is 5.75 Å². The SMILES string of the molecule is O=C1NCc2c([C@@H]3CCCNC3)cc(-c3c(O)cccc3OCC3CC3)nc2O1. The number of phenols is 1. The van der Waals surface area contributed by atoms with Crippen LogP contribution in [0.3, 0.4) is 0 Å². The molecule has 5 rings (SSSR count). The number of carbonyl (C=O) groups excluding carboxylic acids is 1. The number of pyridine rings is 1. The summed E-state index contributed by atoms with van der Waals surface area (Å²) in [7, 11) is 0. The summed E-state index contributed by atoms with van der Waals surface area (Å²) in [6, 6.07) is 7.29. The number of nitrogens with one attached hydrogen (secondary N) is 2. The first-order valence-corrected chi connectivity index (χ1v) is 10.3. The summed E-state index contributed by atoms with van der Waals surface area (Å²) in [6.07, 6.45) is 4.02. The van der Waals surface area contributed by atoms with Gasteiger partial charge >= 0.3 is 6.09 Å². The Kier molecular flexibility index (Phi) is 4.75. The standard InChI is InChI=1S/C22H25N3O4/c26-18-4-1-5-19(28-12-13-6-7-13)20(18)17-9-15(14-3-2-8-23-10-14)16-11-24-22(27)29-21(16)25-17/h1,4-5,9,13-14,23,26H,2-3,6-8,10-12H2,(H,24,27)/t14-/m1/s1. The summed E-state index contributed by atoms with van der Waals surface area (Å²) in [5.74, 6) is 1.94. The molecule has 1 aromatic heterocycles. The molecule has 7 heteroatoms. The summed E-state index contributed by atoms with van der Waals surface area (Å²) in [5, 5.41) is 16.8. The Morgan fingerprint density at radius 3 is 2.97 bits per heavy atom. The van der Waals surface area contributed by atoms with E-state index in [0.717, 1.165) is 37.1 Å². The molecule has 1 amide bonds. The van der Waals surface area contributed by atoms with Crippen LogP contribution in [0.4, 0.5) is 4.79 Å². The van der Waals surface area contributed by atoms with Crippen molar-refractivity contribution in [1.29, 1.82) is 0 Å². The zero-order valence-electron chi connectivity index (χ0n) is 16.2. The molecule has 152 valence electrons. The van der Waals surface area contributed by atoms with Crippen LogP contribution in [-0.2, 0) is 6.54 Å². The van der Waals surface area contributed by atoms with Crippen molar-refractivity contribution in [3.05, 3.63) is 35.4 Å². The first kappa shape index (κ1) is 18.2. The molecule has 1 saturated carbocycles. The number of rotatable bonds is 5. The predicted molar refractivity (Wildman–Crippen MR) is 107 cm³/mol. The lowest BCUT2D eigenvalue weighted by Crippen LogP contribution is -2.34. The van der Waals surface area contributed by atoms with E-state index < -0.39 is 6.09 Å². The average molecular weight is 395 g/mol. The van der Waals surface area contributed by atoms with Crippen LogP contribution < -0.4 is 20.1 Å². The minimum atomic E-state index is -0.502. The largest absolute Gasteiger partial charge is 0.507 e. The second-order valence-electron chi connectivity index (χ2n) is 8.07. The number of phenolic OH excluding ortho intramolecular Hbond substituents is 1. The molecule has 0 bridgehead atoms. The Morgan fingerprint density at radius 1 is 1.28 bits per heavy atom. The van der Waals surface area contributed by atoms with Crippen LogP contribution in [0.1, 0.15) is 42.7 Å². The second-order valence-corrected chi connectivity index (χ2v) is 8.07. The molecule has 1 aromatic carbocycles. The zero-order valence-corrected chi connectivity index (χ0v) is 16.2. The monoisotopic (exact) mass is 395 g/mol. The number of amides is 1. The normalized spacial score (nSPS) is 21.1. The molecule has 7 nitrogen and oxygen atoms in total. The van der Waals surface area contributed by atoms with Crippen molar-refractivity contribution in [3.8, 4) is 28.6 Å². The van der Waals surface area contributed by atoms with E-state index >= 15 is 0 Å². The minimum absolute atomic E-state index is 0.110. The maximum Gasteiger partial charge on any atom is 0.414 e. The lowest BCUT2D eigenvalue weighted by Gasteiger charge is -2.28. The highest BCUT2D eigenvalue weighted by atomic mass is 16.6. The van der Waals surface area contributed by atoms with E-state index in [1.165, 1.54) is 12.8 Å². The third-order valence-corrected chi connectivity index (χ3v) is 5.89. The van der Waals surface area contributed by atoms with Gasteiger partial charge in [-0.1, -0.05) is 6.07 Å². The van der Waals surface area contributed by atoms with Crippen LogP contribution in [0, 0.1) is 5.92 Å². The van der Waals surface area contributed by atoms with Crippen LogP contribution in [0.25, 0.3) is 11.3 Å². The number of hydrogen-bond acceptors (Lipinski definition) is 6. The van der Waals surface area contributed by atoms with Crippen molar-refractivity contribution in [2.75, 3.05) is 19.7 Å². The molecule has 0 unspecified atom stereocenters. The number of aromatic hydroxyl groups is 1. The van der Waals surface area contributed by atoms with Crippen molar-refractivity contribution < 1.29 is 19.4 Å². The molecule has 0 spiro atoms. The number of hydrogen-bond donors (Lipinski definition) is 3. The number of ether oxygens (including phenoxy) is 2. The second kappa shape index (κ2) is 7.55. The van der Waals surface area contributed by atoms with E-state index in [4.69, 9.17) is 9.47 Å². The van der Waals surface area contributed by atoms with Gasteiger partial charge in [-0.15, -0.1) is 0 Å². The van der Waals surface area contributed by atoms with E-state index in [1.807, 2.05) is 12.1 Å². The summed E-state index contributed by atoms with van der Waals surface area (Å²) in [4.78, 5) is 16.4. The van der Waals surface area contributed by atoms with E-state index in [2.05, 4.69) is 15.6 Å². The third-order valence-electron chi connectivity index (χ3n) is 5.89. The van der Waals surface area contributed by atoms with Gasteiger partial charge in [-0.2, -0.15) is 0 Å². The number of fused-ring (bicyclic) bond motifs is 1. The highest BCUT2D eigenvalue weighted by molar-refractivity contribution is 5.77. The van der Waals surface area contributed by atoms with Gasteiger partial charge in [0.05, 0.1) is 24.4 Å². The summed E-state index contributed by atoms with van der Waals surface area (Å²) >= 11 is 0. The van der Waals surface area contributed by atoms with Gasteiger partial charge in [0.1, 0.15) is 11.5 Å². The molecule has 1 aliphatic carbocycles. The Bertz CT molecular complexity index is 936. The van der Waals surface area contributed by atoms with Gasteiger partial charge in [0.2, 0.25) is 5.88 Å². The van der Waals surface area contributed by atoms with E-state index in [0.29, 0.717) is 47.9 Å². The summed E-state index contributed by atoms with van der Waals surface area (Å²) < 4.78 is 11.4. The highest BCUT2D eigenvalue weighted by Gasteiger charge is 2.29. The predicted octanol–water partition coefficient (Wildman–Crippen LogP) is 3.31. The van der Waals surface area contributed by atoms with Crippen LogP contribution in [0.15, 0.2) is 24.3 Å². The molecule has 2 aromatic rings. The highest BCUT2D eigenvalue weighted by Crippen LogP contribution is 2.42. The van der Waals surface area contributed by atoms with Gasteiger partial charge in [0.25, 0.3) is 0 Å². The third kappa shape index (κ3) is 3.74. The molecule has 1 saturated heterocycles. The molecule has 2 fully saturated rings. The van der Waals surface area contributed by atoms with Gasteiger partial charge in [-0.3, -0.25) is 0 Å². The fourth-order valence-corrected chi connectivity index (χ4v) is 4.11. The number of benzene rings is 1. The quantitative estimate of drug-likeness (QED) is 0.719. The number of carbonyl (C=O) groups is 1. The van der Waals surface area contributed by atoms with Crippen molar-refractivity contribution >= 4 is 6.09 Å². The Hall–Kier alpha value is -2.80. The molecule has 0 radical (unpaired) electrons.